The predicted octanol–water partition coefficient (Wildman–Crippen LogP) is 2.28. The SMILES string of the molecule is C[C@@H](N)c1ccc(Br)cc1OCCCS(C)(=O)=O. The molecule has 0 aliphatic heterocycles. The third-order valence-corrected chi connectivity index (χ3v) is 3.91. The van der Waals surface area contributed by atoms with Crippen molar-refractivity contribution in [3.8, 4) is 5.75 Å². The van der Waals surface area contributed by atoms with Crippen LogP contribution in [0.3, 0.4) is 0 Å². The summed E-state index contributed by atoms with van der Waals surface area (Å²) in [4.78, 5) is 0. The van der Waals surface area contributed by atoms with Crippen molar-refractivity contribution < 1.29 is 13.2 Å². The van der Waals surface area contributed by atoms with Crippen molar-refractivity contribution in [2.45, 2.75) is 19.4 Å². The van der Waals surface area contributed by atoms with Crippen molar-refractivity contribution in [2.24, 2.45) is 5.73 Å². The smallest absolute Gasteiger partial charge is 0.147 e. The molecule has 1 rings (SSSR count). The molecular formula is C12H18BrNO3S. The molecule has 0 aromatic heterocycles. The van der Waals surface area contributed by atoms with E-state index in [1.165, 1.54) is 6.26 Å². The highest BCUT2D eigenvalue weighted by atomic mass is 79.9. The molecule has 0 unspecified atom stereocenters. The van der Waals surface area contributed by atoms with Crippen LogP contribution in [-0.4, -0.2) is 27.0 Å². The molecule has 6 heteroatoms. The van der Waals surface area contributed by atoms with E-state index in [4.69, 9.17) is 10.5 Å². The number of hydrogen-bond acceptors (Lipinski definition) is 4. The Labute approximate surface area is 117 Å². The lowest BCUT2D eigenvalue weighted by atomic mass is 10.1. The molecule has 0 spiro atoms. The Hall–Kier alpha value is -0.590. The number of benzene rings is 1. The van der Waals surface area contributed by atoms with Gasteiger partial charge in [0.05, 0.1) is 12.4 Å². The Balaban J connectivity index is 2.63. The maximum absolute atomic E-state index is 11.0. The fourth-order valence-electron chi connectivity index (χ4n) is 1.51. The largest absolute Gasteiger partial charge is 0.493 e. The van der Waals surface area contributed by atoms with Gasteiger partial charge in [-0.05, 0) is 25.5 Å². The zero-order valence-corrected chi connectivity index (χ0v) is 12.9. The van der Waals surface area contributed by atoms with Crippen LogP contribution in [0.5, 0.6) is 5.75 Å². The molecule has 1 aromatic carbocycles. The second-order valence-corrected chi connectivity index (χ2v) is 7.48. The Bertz CT molecular complexity index is 500. The van der Waals surface area contributed by atoms with Gasteiger partial charge in [0.1, 0.15) is 15.6 Å². The first kappa shape index (κ1) is 15.5. The molecule has 0 aliphatic rings. The first-order chi connectivity index (χ1) is 8.29. The Morgan fingerprint density at radius 2 is 2.11 bits per heavy atom. The number of hydrogen-bond donors (Lipinski definition) is 1. The van der Waals surface area contributed by atoms with Crippen molar-refractivity contribution in [3.05, 3.63) is 28.2 Å². The molecule has 0 bridgehead atoms. The first-order valence-electron chi connectivity index (χ1n) is 5.65. The fraction of sp³-hybridized carbons (Fsp3) is 0.500. The lowest BCUT2D eigenvalue weighted by Crippen LogP contribution is -2.11. The van der Waals surface area contributed by atoms with Gasteiger partial charge in [-0.15, -0.1) is 0 Å². The van der Waals surface area contributed by atoms with Gasteiger partial charge in [-0.2, -0.15) is 0 Å². The van der Waals surface area contributed by atoms with Gasteiger partial charge < -0.3 is 10.5 Å². The van der Waals surface area contributed by atoms with E-state index < -0.39 is 9.84 Å². The lowest BCUT2D eigenvalue weighted by Gasteiger charge is -2.14. The normalized spacial score (nSPS) is 13.3. The summed E-state index contributed by atoms with van der Waals surface area (Å²) in [6.45, 7) is 2.25. The number of halogens is 1. The summed E-state index contributed by atoms with van der Waals surface area (Å²) in [5, 5.41) is 0. The quantitative estimate of drug-likeness (QED) is 0.809. The summed E-state index contributed by atoms with van der Waals surface area (Å²) in [5.74, 6) is 0.835. The maximum atomic E-state index is 11.0. The minimum absolute atomic E-state index is 0.122. The zero-order chi connectivity index (χ0) is 13.8. The van der Waals surface area contributed by atoms with Crippen LogP contribution in [0.25, 0.3) is 0 Å². The van der Waals surface area contributed by atoms with Crippen molar-refractivity contribution >= 4 is 25.8 Å². The van der Waals surface area contributed by atoms with Crippen LogP contribution < -0.4 is 10.5 Å². The van der Waals surface area contributed by atoms with Crippen molar-refractivity contribution in [1.29, 1.82) is 0 Å². The lowest BCUT2D eigenvalue weighted by molar-refractivity contribution is 0.313. The topological polar surface area (TPSA) is 69.4 Å². The Morgan fingerprint density at radius 1 is 1.44 bits per heavy atom. The van der Waals surface area contributed by atoms with Crippen LogP contribution in [0.2, 0.25) is 0 Å². The molecule has 0 heterocycles. The molecular weight excluding hydrogens is 318 g/mol. The molecule has 18 heavy (non-hydrogen) atoms. The van der Waals surface area contributed by atoms with Gasteiger partial charge in [0, 0.05) is 22.3 Å². The molecule has 0 fully saturated rings. The molecule has 0 radical (unpaired) electrons. The number of nitrogens with two attached hydrogens (primary N) is 1. The Morgan fingerprint density at radius 3 is 2.67 bits per heavy atom. The van der Waals surface area contributed by atoms with Crippen molar-refractivity contribution in [1.82, 2.24) is 0 Å². The number of sulfone groups is 1. The second-order valence-electron chi connectivity index (χ2n) is 4.30. The molecule has 2 N–H and O–H groups in total. The van der Waals surface area contributed by atoms with Gasteiger partial charge in [0.15, 0.2) is 0 Å². The zero-order valence-electron chi connectivity index (χ0n) is 10.5. The van der Waals surface area contributed by atoms with E-state index in [9.17, 15) is 8.42 Å². The Kier molecular flexibility index (Phi) is 5.62. The third-order valence-electron chi connectivity index (χ3n) is 2.38. The molecule has 0 saturated carbocycles. The molecule has 4 nitrogen and oxygen atoms in total. The van der Waals surface area contributed by atoms with Crippen LogP contribution >= 0.6 is 15.9 Å². The van der Waals surface area contributed by atoms with E-state index >= 15 is 0 Å². The monoisotopic (exact) mass is 335 g/mol. The van der Waals surface area contributed by atoms with Crippen LogP contribution in [0.15, 0.2) is 22.7 Å². The average Bonchev–Trinajstić information content (AvgIpc) is 2.22. The van der Waals surface area contributed by atoms with Crippen LogP contribution in [-0.2, 0) is 9.84 Å². The summed E-state index contributed by atoms with van der Waals surface area (Å²) >= 11 is 3.37. The minimum atomic E-state index is -2.93. The highest BCUT2D eigenvalue weighted by Crippen LogP contribution is 2.27. The van der Waals surface area contributed by atoms with Crippen LogP contribution in [0.4, 0.5) is 0 Å². The first-order valence-corrected chi connectivity index (χ1v) is 8.50. The van der Waals surface area contributed by atoms with Crippen LogP contribution in [0, 0.1) is 0 Å². The third kappa shape index (κ3) is 5.37. The molecule has 0 aliphatic carbocycles. The summed E-state index contributed by atoms with van der Waals surface area (Å²) in [7, 11) is -2.93. The summed E-state index contributed by atoms with van der Waals surface area (Å²) in [5.41, 5.74) is 6.76. The minimum Gasteiger partial charge on any atom is -0.493 e. The van der Waals surface area contributed by atoms with Gasteiger partial charge in [-0.3, -0.25) is 0 Å². The summed E-state index contributed by atoms with van der Waals surface area (Å²) in [6.07, 6.45) is 1.70. The van der Waals surface area contributed by atoms with Gasteiger partial charge >= 0.3 is 0 Å². The molecule has 102 valence electrons. The van der Waals surface area contributed by atoms with E-state index in [2.05, 4.69) is 15.9 Å². The molecule has 0 saturated heterocycles. The van der Waals surface area contributed by atoms with E-state index in [1.54, 1.807) is 0 Å². The molecule has 1 atom stereocenters. The number of rotatable bonds is 6. The van der Waals surface area contributed by atoms with E-state index in [0.29, 0.717) is 18.8 Å². The standard InChI is InChI=1S/C12H18BrNO3S/c1-9(14)11-5-4-10(13)8-12(11)17-6-3-7-18(2,15)16/h4-5,8-9H,3,6-7,14H2,1-2H3/t9-/m1/s1. The summed E-state index contributed by atoms with van der Waals surface area (Å²) in [6, 6.07) is 5.53. The van der Waals surface area contributed by atoms with E-state index in [1.807, 2.05) is 25.1 Å². The second kappa shape index (κ2) is 6.54. The van der Waals surface area contributed by atoms with E-state index in [0.717, 1.165) is 10.0 Å². The maximum Gasteiger partial charge on any atom is 0.147 e. The van der Waals surface area contributed by atoms with Crippen molar-refractivity contribution in [2.75, 3.05) is 18.6 Å². The number of ether oxygens (including phenoxy) is 1. The van der Waals surface area contributed by atoms with Gasteiger partial charge in [0.2, 0.25) is 0 Å². The summed E-state index contributed by atoms with van der Waals surface area (Å²) < 4.78 is 28.5. The highest BCUT2D eigenvalue weighted by molar-refractivity contribution is 9.10. The van der Waals surface area contributed by atoms with Gasteiger partial charge in [-0.25, -0.2) is 8.42 Å². The van der Waals surface area contributed by atoms with Crippen LogP contribution in [0.1, 0.15) is 24.9 Å². The molecule has 1 aromatic rings. The van der Waals surface area contributed by atoms with Gasteiger partial charge in [0.25, 0.3) is 0 Å². The molecule has 0 amide bonds. The predicted molar refractivity (Wildman–Crippen MR) is 76.6 cm³/mol. The fourth-order valence-corrected chi connectivity index (χ4v) is 2.49. The van der Waals surface area contributed by atoms with Gasteiger partial charge in [-0.1, -0.05) is 22.0 Å². The average molecular weight is 336 g/mol. The van der Waals surface area contributed by atoms with Crippen molar-refractivity contribution in [3.63, 3.8) is 0 Å². The highest BCUT2D eigenvalue weighted by Gasteiger charge is 2.09. The van der Waals surface area contributed by atoms with E-state index in [-0.39, 0.29) is 11.8 Å².